The molecule has 0 radical (unpaired) electrons. The lowest BCUT2D eigenvalue weighted by Gasteiger charge is -2.17. The van der Waals surface area contributed by atoms with Gasteiger partial charge in [-0.15, -0.1) is 24.0 Å². The molecule has 2 amide bonds. The van der Waals surface area contributed by atoms with Crippen LogP contribution in [-0.4, -0.2) is 62.9 Å². The van der Waals surface area contributed by atoms with Gasteiger partial charge in [0.25, 0.3) is 5.91 Å². The van der Waals surface area contributed by atoms with Gasteiger partial charge < -0.3 is 20.4 Å². The zero-order valence-electron chi connectivity index (χ0n) is 18.9. The molecule has 8 heteroatoms. The Hall–Kier alpha value is -2.62. The third-order valence-electron chi connectivity index (χ3n) is 5.19. The standard InChI is InChI=1S/C24H31N5O2.HI/c1-4-25-24(26-14-12-18-8-7-10-20(16-18)23(31)28(2)3)27-17-22(30)29-15-13-19-9-5-6-11-21(19)29;/h5-11,16H,4,12-15,17H2,1-3H3,(H2,25,26,27);1H. The molecule has 2 N–H and O–H groups in total. The third-order valence-corrected chi connectivity index (χ3v) is 5.19. The molecule has 2 aromatic rings. The Bertz CT molecular complexity index is 961. The smallest absolute Gasteiger partial charge is 0.253 e. The molecule has 1 aliphatic rings. The summed E-state index contributed by atoms with van der Waals surface area (Å²) in [5, 5.41) is 6.46. The van der Waals surface area contributed by atoms with Crippen LogP contribution in [0.3, 0.4) is 0 Å². The Morgan fingerprint density at radius 2 is 1.88 bits per heavy atom. The fourth-order valence-electron chi connectivity index (χ4n) is 3.61. The van der Waals surface area contributed by atoms with Crippen molar-refractivity contribution in [1.82, 2.24) is 15.5 Å². The molecule has 1 heterocycles. The summed E-state index contributed by atoms with van der Waals surface area (Å²) < 4.78 is 0. The van der Waals surface area contributed by atoms with E-state index in [0.29, 0.717) is 31.2 Å². The predicted octanol–water partition coefficient (Wildman–Crippen LogP) is 2.69. The zero-order valence-corrected chi connectivity index (χ0v) is 21.3. The second kappa shape index (κ2) is 12.4. The van der Waals surface area contributed by atoms with Gasteiger partial charge in [-0.05, 0) is 49.1 Å². The topological polar surface area (TPSA) is 77.0 Å². The highest BCUT2D eigenvalue weighted by molar-refractivity contribution is 14.0. The van der Waals surface area contributed by atoms with E-state index in [2.05, 4.69) is 21.7 Å². The number of hydrogen-bond donors (Lipinski definition) is 2. The Morgan fingerprint density at radius 1 is 1.09 bits per heavy atom. The first-order chi connectivity index (χ1) is 15.0. The van der Waals surface area contributed by atoms with Crippen molar-refractivity contribution in [3.8, 4) is 0 Å². The van der Waals surface area contributed by atoms with Gasteiger partial charge in [0.15, 0.2) is 5.96 Å². The quantitative estimate of drug-likeness (QED) is 0.317. The third kappa shape index (κ3) is 6.69. The number of anilines is 1. The summed E-state index contributed by atoms with van der Waals surface area (Å²) in [5.74, 6) is 0.604. The molecule has 7 nitrogen and oxygen atoms in total. The highest BCUT2D eigenvalue weighted by atomic mass is 127. The molecule has 0 aliphatic carbocycles. The van der Waals surface area contributed by atoms with E-state index in [1.54, 1.807) is 19.0 Å². The first kappa shape index (κ1) is 25.6. The molecule has 32 heavy (non-hydrogen) atoms. The number of nitrogens with zero attached hydrogens (tertiary/aromatic N) is 3. The summed E-state index contributed by atoms with van der Waals surface area (Å²) in [6.45, 7) is 4.15. The molecule has 0 aromatic heterocycles. The first-order valence-electron chi connectivity index (χ1n) is 10.7. The van der Waals surface area contributed by atoms with Crippen LogP contribution in [0.1, 0.15) is 28.4 Å². The van der Waals surface area contributed by atoms with E-state index in [9.17, 15) is 9.59 Å². The number of rotatable bonds is 7. The predicted molar refractivity (Wildman–Crippen MR) is 140 cm³/mol. The summed E-state index contributed by atoms with van der Waals surface area (Å²) >= 11 is 0. The van der Waals surface area contributed by atoms with E-state index in [-0.39, 0.29) is 42.3 Å². The van der Waals surface area contributed by atoms with Crippen molar-refractivity contribution in [3.05, 3.63) is 65.2 Å². The molecule has 0 saturated carbocycles. The fourth-order valence-corrected chi connectivity index (χ4v) is 3.61. The highest BCUT2D eigenvalue weighted by Crippen LogP contribution is 2.27. The maximum Gasteiger partial charge on any atom is 0.253 e. The number of amides is 2. The molecule has 0 spiro atoms. The van der Waals surface area contributed by atoms with E-state index in [1.807, 2.05) is 54.3 Å². The number of para-hydroxylation sites is 1. The lowest BCUT2D eigenvalue weighted by atomic mass is 10.1. The van der Waals surface area contributed by atoms with Crippen LogP contribution in [0.2, 0.25) is 0 Å². The maximum absolute atomic E-state index is 12.7. The van der Waals surface area contributed by atoms with E-state index in [1.165, 1.54) is 5.56 Å². The Morgan fingerprint density at radius 3 is 2.62 bits per heavy atom. The molecular weight excluding hydrogens is 517 g/mol. The van der Waals surface area contributed by atoms with Gasteiger partial charge in [-0.2, -0.15) is 0 Å². The minimum Gasteiger partial charge on any atom is -0.357 e. The summed E-state index contributed by atoms with van der Waals surface area (Å²) in [7, 11) is 3.50. The van der Waals surface area contributed by atoms with Crippen molar-refractivity contribution in [2.45, 2.75) is 19.8 Å². The molecule has 2 aromatic carbocycles. The van der Waals surface area contributed by atoms with Crippen LogP contribution < -0.4 is 15.5 Å². The van der Waals surface area contributed by atoms with Gasteiger partial charge in [0.1, 0.15) is 6.54 Å². The number of fused-ring (bicyclic) bond motifs is 1. The van der Waals surface area contributed by atoms with Gasteiger partial charge in [0.05, 0.1) is 0 Å². The van der Waals surface area contributed by atoms with Gasteiger partial charge in [-0.1, -0.05) is 30.3 Å². The fraction of sp³-hybridized carbons (Fsp3) is 0.375. The summed E-state index contributed by atoms with van der Waals surface area (Å²) in [6, 6.07) is 15.7. The average Bonchev–Trinajstić information content (AvgIpc) is 3.21. The van der Waals surface area contributed by atoms with Gasteiger partial charge in [0.2, 0.25) is 5.91 Å². The van der Waals surface area contributed by atoms with Gasteiger partial charge in [-0.3, -0.25) is 9.59 Å². The maximum atomic E-state index is 12.7. The molecule has 172 valence electrons. The molecule has 0 saturated heterocycles. The molecule has 0 unspecified atom stereocenters. The van der Waals surface area contributed by atoms with E-state index in [0.717, 1.165) is 24.1 Å². The number of benzene rings is 2. The summed E-state index contributed by atoms with van der Waals surface area (Å²) in [5.41, 5.74) is 3.95. The summed E-state index contributed by atoms with van der Waals surface area (Å²) in [6.07, 6.45) is 1.63. The van der Waals surface area contributed by atoms with Gasteiger partial charge >= 0.3 is 0 Å². The molecule has 0 atom stereocenters. The number of carbonyl (C=O) groups excluding carboxylic acids is 2. The van der Waals surface area contributed by atoms with Crippen molar-refractivity contribution in [3.63, 3.8) is 0 Å². The Labute approximate surface area is 207 Å². The van der Waals surface area contributed by atoms with Crippen LogP contribution in [0.4, 0.5) is 5.69 Å². The number of halogens is 1. The number of nitrogens with one attached hydrogen (secondary N) is 2. The minimum atomic E-state index is -0.00768. The Balaban J connectivity index is 0.00000363. The molecule has 0 bridgehead atoms. The van der Waals surface area contributed by atoms with Gasteiger partial charge in [0, 0.05) is 45.0 Å². The number of carbonyl (C=O) groups is 2. The van der Waals surface area contributed by atoms with E-state index >= 15 is 0 Å². The second-order valence-electron chi connectivity index (χ2n) is 7.70. The van der Waals surface area contributed by atoms with Crippen molar-refractivity contribution in [2.24, 2.45) is 4.99 Å². The zero-order chi connectivity index (χ0) is 22.2. The van der Waals surface area contributed by atoms with Crippen molar-refractivity contribution in [1.29, 1.82) is 0 Å². The lowest BCUT2D eigenvalue weighted by molar-refractivity contribution is -0.117. The SMILES string of the molecule is CCNC(=NCC(=O)N1CCc2ccccc21)NCCc1cccc(C(=O)N(C)C)c1.I. The van der Waals surface area contributed by atoms with Crippen LogP contribution >= 0.6 is 24.0 Å². The average molecular weight is 549 g/mol. The molecule has 3 rings (SSSR count). The highest BCUT2D eigenvalue weighted by Gasteiger charge is 2.23. The van der Waals surface area contributed by atoms with Crippen LogP contribution in [0.15, 0.2) is 53.5 Å². The van der Waals surface area contributed by atoms with Crippen LogP contribution in [0.5, 0.6) is 0 Å². The molecular formula is C24H32IN5O2. The number of aliphatic imine (C=N–C) groups is 1. The van der Waals surface area contributed by atoms with Crippen LogP contribution in [0, 0.1) is 0 Å². The van der Waals surface area contributed by atoms with Crippen molar-refractivity contribution in [2.75, 3.05) is 45.2 Å². The van der Waals surface area contributed by atoms with Crippen molar-refractivity contribution < 1.29 is 9.59 Å². The van der Waals surface area contributed by atoms with E-state index < -0.39 is 0 Å². The van der Waals surface area contributed by atoms with Crippen LogP contribution in [-0.2, 0) is 17.6 Å². The lowest BCUT2D eigenvalue weighted by Crippen LogP contribution is -2.40. The minimum absolute atomic E-state index is 0. The summed E-state index contributed by atoms with van der Waals surface area (Å²) in [4.78, 5) is 32.7. The van der Waals surface area contributed by atoms with Crippen molar-refractivity contribution >= 4 is 47.4 Å². The number of hydrogen-bond acceptors (Lipinski definition) is 3. The normalized spacial score (nSPS) is 12.6. The second-order valence-corrected chi connectivity index (χ2v) is 7.70. The first-order valence-corrected chi connectivity index (χ1v) is 10.7. The largest absolute Gasteiger partial charge is 0.357 e. The number of guanidine groups is 1. The molecule has 1 aliphatic heterocycles. The Kier molecular flexibility index (Phi) is 9.96. The monoisotopic (exact) mass is 549 g/mol. The van der Waals surface area contributed by atoms with E-state index in [4.69, 9.17) is 0 Å². The molecule has 0 fully saturated rings. The van der Waals surface area contributed by atoms with Gasteiger partial charge in [-0.25, -0.2) is 4.99 Å². The van der Waals surface area contributed by atoms with Crippen LogP contribution in [0.25, 0.3) is 0 Å².